The Morgan fingerprint density at radius 3 is 2.56 bits per heavy atom. The molecule has 100 valence electrons. The van der Waals surface area contributed by atoms with E-state index >= 15 is 0 Å². The van der Waals surface area contributed by atoms with Crippen LogP contribution in [-0.2, 0) is 0 Å². The maximum absolute atomic E-state index is 10.8. The van der Waals surface area contributed by atoms with E-state index < -0.39 is 4.92 Å². The lowest BCUT2D eigenvalue weighted by Gasteiger charge is -2.20. The lowest BCUT2D eigenvalue weighted by atomic mass is 10.3. The summed E-state index contributed by atoms with van der Waals surface area (Å²) in [5.74, 6) is 0.978. The minimum atomic E-state index is -0.428. The number of hydrogen-bond acceptors (Lipinski definition) is 6. The summed E-state index contributed by atoms with van der Waals surface area (Å²) in [7, 11) is 5.64. The van der Waals surface area contributed by atoms with Gasteiger partial charge in [-0.15, -0.1) is 0 Å². The Bertz CT molecular complexity index is 422. The molecule has 18 heavy (non-hydrogen) atoms. The summed E-state index contributed by atoms with van der Waals surface area (Å²) >= 11 is 0. The first-order chi connectivity index (χ1) is 8.43. The van der Waals surface area contributed by atoms with Gasteiger partial charge in [0.25, 0.3) is 5.69 Å². The van der Waals surface area contributed by atoms with Crippen LogP contribution in [0.2, 0.25) is 0 Å². The molecular weight excluding hydrogens is 234 g/mol. The number of pyridine rings is 1. The maximum atomic E-state index is 10.8. The van der Waals surface area contributed by atoms with Gasteiger partial charge < -0.3 is 15.5 Å². The van der Waals surface area contributed by atoms with Crippen LogP contribution in [0.25, 0.3) is 0 Å². The largest absolute Gasteiger partial charge is 0.373 e. The number of aromatic nitrogens is 1. The zero-order chi connectivity index (χ0) is 13.7. The molecule has 1 atom stereocenters. The van der Waals surface area contributed by atoms with E-state index in [1.165, 1.54) is 12.1 Å². The number of nitrogens with zero attached hydrogens (tertiary/aromatic N) is 3. The molecule has 1 unspecified atom stereocenters. The van der Waals surface area contributed by atoms with Gasteiger partial charge in [-0.25, -0.2) is 4.98 Å². The van der Waals surface area contributed by atoms with Gasteiger partial charge in [-0.1, -0.05) is 0 Å². The molecule has 1 aromatic heterocycles. The Labute approximate surface area is 106 Å². The third kappa shape index (κ3) is 3.85. The van der Waals surface area contributed by atoms with Gasteiger partial charge in [-0.3, -0.25) is 10.1 Å². The van der Waals surface area contributed by atoms with E-state index in [0.717, 1.165) is 0 Å². The molecule has 0 aliphatic heterocycles. The maximum Gasteiger partial charge on any atom is 0.276 e. The highest BCUT2D eigenvalue weighted by molar-refractivity contribution is 5.54. The highest BCUT2D eigenvalue weighted by Crippen LogP contribution is 2.20. The Balaban J connectivity index is 2.81. The third-order valence-electron chi connectivity index (χ3n) is 2.74. The second kappa shape index (κ2) is 6.15. The van der Waals surface area contributed by atoms with Gasteiger partial charge >= 0.3 is 0 Å². The van der Waals surface area contributed by atoms with Crippen LogP contribution in [0.1, 0.15) is 6.92 Å². The van der Waals surface area contributed by atoms with Gasteiger partial charge in [0.15, 0.2) is 0 Å². The third-order valence-corrected chi connectivity index (χ3v) is 2.74. The first-order valence-corrected chi connectivity index (χ1v) is 5.68. The smallest absolute Gasteiger partial charge is 0.276 e. The topological polar surface area (TPSA) is 83.3 Å². The van der Waals surface area contributed by atoms with Crippen molar-refractivity contribution in [3.63, 3.8) is 0 Å². The van der Waals surface area contributed by atoms with Crippen LogP contribution < -0.4 is 10.6 Å². The van der Waals surface area contributed by atoms with Crippen LogP contribution >= 0.6 is 0 Å². The van der Waals surface area contributed by atoms with Gasteiger partial charge in [-0.2, -0.15) is 0 Å². The molecule has 0 fully saturated rings. The van der Waals surface area contributed by atoms with Crippen LogP contribution in [0.3, 0.4) is 0 Å². The molecule has 1 aromatic rings. The summed E-state index contributed by atoms with van der Waals surface area (Å²) in [5.41, 5.74) is 0.0226. The fourth-order valence-electron chi connectivity index (χ4n) is 1.28. The van der Waals surface area contributed by atoms with Gasteiger partial charge in [0, 0.05) is 19.6 Å². The summed E-state index contributed by atoms with van der Waals surface area (Å²) in [6.45, 7) is 2.73. The molecule has 0 aliphatic rings. The van der Waals surface area contributed by atoms with Crippen LogP contribution in [0.15, 0.2) is 12.1 Å². The normalized spacial score (nSPS) is 12.3. The fourth-order valence-corrected chi connectivity index (χ4v) is 1.28. The van der Waals surface area contributed by atoms with E-state index in [9.17, 15) is 10.1 Å². The molecule has 0 aliphatic carbocycles. The lowest BCUT2D eigenvalue weighted by molar-refractivity contribution is -0.384. The minimum absolute atomic E-state index is 0.0226. The summed E-state index contributed by atoms with van der Waals surface area (Å²) in [6.07, 6.45) is 0. The van der Waals surface area contributed by atoms with Crippen molar-refractivity contribution >= 4 is 17.3 Å². The number of nitrogens with one attached hydrogen (secondary N) is 2. The number of likely N-dealkylation sites (N-methyl/N-ethyl adjacent to an activating group) is 1. The number of nitro groups is 1. The SMILES string of the molecule is CNc1cc([N+](=O)[O-])cc(NCC(C)N(C)C)n1. The minimum Gasteiger partial charge on any atom is -0.373 e. The van der Waals surface area contributed by atoms with Crippen molar-refractivity contribution < 1.29 is 4.92 Å². The molecule has 0 bridgehead atoms. The molecular formula is C11H19N5O2. The average Bonchev–Trinajstić information content (AvgIpc) is 2.35. The van der Waals surface area contributed by atoms with Crippen molar-refractivity contribution in [2.24, 2.45) is 0 Å². The Hall–Kier alpha value is -1.89. The monoisotopic (exact) mass is 253 g/mol. The van der Waals surface area contributed by atoms with E-state index in [4.69, 9.17) is 0 Å². The molecule has 0 aromatic carbocycles. The molecule has 0 amide bonds. The predicted octanol–water partition coefficient (Wildman–Crippen LogP) is 1.39. The van der Waals surface area contributed by atoms with Gasteiger partial charge in [0.05, 0.1) is 17.1 Å². The highest BCUT2D eigenvalue weighted by Gasteiger charge is 2.11. The van der Waals surface area contributed by atoms with E-state index in [-0.39, 0.29) is 5.69 Å². The van der Waals surface area contributed by atoms with E-state index in [0.29, 0.717) is 24.2 Å². The second-order valence-corrected chi connectivity index (χ2v) is 4.30. The van der Waals surface area contributed by atoms with Crippen LogP contribution in [0.4, 0.5) is 17.3 Å². The molecule has 1 rings (SSSR count). The molecule has 0 saturated heterocycles. The predicted molar refractivity (Wildman–Crippen MR) is 72.1 cm³/mol. The lowest BCUT2D eigenvalue weighted by Crippen LogP contribution is -2.31. The molecule has 7 nitrogen and oxygen atoms in total. The molecule has 0 saturated carbocycles. The summed E-state index contributed by atoms with van der Waals surface area (Å²) in [5, 5.41) is 16.7. The zero-order valence-electron chi connectivity index (χ0n) is 11.1. The van der Waals surface area contributed by atoms with Crippen molar-refractivity contribution in [2.45, 2.75) is 13.0 Å². The van der Waals surface area contributed by atoms with Crippen molar-refractivity contribution in [2.75, 3.05) is 38.3 Å². The van der Waals surface area contributed by atoms with Gasteiger partial charge in [0.2, 0.25) is 0 Å². The van der Waals surface area contributed by atoms with Gasteiger partial charge in [-0.05, 0) is 21.0 Å². The fraction of sp³-hybridized carbons (Fsp3) is 0.545. The Morgan fingerprint density at radius 2 is 2.06 bits per heavy atom. The van der Waals surface area contributed by atoms with Crippen molar-refractivity contribution in [1.82, 2.24) is 9.88 Å². The summed E-state index contributed by atoms with van der Waals surface area (Å²) in [4.78, 5) is 16.6. The molecule has 2 N–H and O–H groups in total. The van der Waals surface area contributed by atoms with Crippen LogP contribution in [-0.4, -0.2) is 48.5 Å². The van der Waals surface area contributed by atoms with E-state index in [2.05, 4.69) is 27.4 Å². The highest BCUT2D eigenvalue weighted by atomic mass is 16.6. The first kappa shape index (κ1) is 14.2. The second-order valence-electron chi connectivity index (χ2n) is 4.30. The first-order valence-electron chi connectivity index (χ1n) is 5.68. The number of rotatable bonds is 6. The molecule has 7 heteroatoms. The quantitative estimate of drug-likeness (QED) is 0.589. The average molecular weight is 253 g/mol. The molecule has 1 heterocycles. The van der Waals surface area contributed by atoms with Crippen LogP contribution in [0.5, 0.6) is 0 Å². The molecule has 0 spiro atoms. The van der Waals surface area contributed by atoms with E-state index in [1.54, 1.807) is 7.05 Å². The van der Waals surface area contributed by atoms with Crippen molar-refractivity contribution in [3.05, 3.63) is 22.2 Å². The van der Waals surface area contributed by atoms with E-state index in [1.807, 2.05) is 14.1 Å². The van der Waals surface area contributed by atoms with Crippen LogP contribution in [0, 0.1) is 10.1 Å². The zero-order valence-corrected chi connectivity index (χ0v) is 11.1. The number of anilines is 2. The summed E-state index contributed by atoms with van der Waals surface area (Å²) < 4.78 is 0. The Kier molecular flexibility index (Phi) is 4.85. The van der Waals surface area contributed by atoms with Crippen molar-refractivity contribution in [3.8, 4) is 0 Å². The Morgan fingerprint density at radius 1 is 1.44 bits per heavy atom. The summed E-state index contributed by atoms with van der Waals surface area (Å²) in [6, 6.07) is 3.15. The number of hydrogen-bond donors (Lipinski definition) is 2. The van der Waals surface area contributed by atoms with Gasteiger partial charge in [0.1, 0.15) is 11.6 Å². The molecule has 0 radical (unpaired) electrons. The standard InChI is InChI=1S/C11H19N5O2/c1-8(15(3)4)7-13-11-6-9(16(17)18)5-10(12-2)14-11/h5-6,8H,7H2,1-4H3,(H2,12,13,14). The van der Waals surface area contributed by atoms with Crippen molar-refractivity contribution in [1.29, 1.82) is 0 Å².